The number of nitrogens with zero attached hydrogens (tertiary/aromatic N) is 1. The minimum absolute atomic E-state index is 0.178. The van der Waals surface area contributed by atoms with Crippen LogP contribution in [0.5, 0.6) is 11.5 Å². The monoisotopic (exact) mass is 266 g/mol. The molecule has 1 heterocycles. The molecule has 18 heavy (non-hydrogen) atoms. The van der Waals surface area contributed by atoms with Crippen LogP contribution in [0.3, 0.4) is 0 Å². The largest absolute Gasteiger partial charge is 0.504 e. The zero-order chi connectivity index (χ0) is 12.8. The number of benzene rings is 1. The number of amidine groups is 1. The fourth-order valence-electron chi connectivity index (χ4n) is 1.57. The molecule has 2 rings (SSSR count). The number of rotatable bonds is 5. The molecule has 98 valence electrons. The van der Waals surface area contributed by atoms with Crippen molar-refractivity contribution in [3.63, 3.8) is 0 Å². The maximum atomic E-state index is 9.71. The van der Waals surface area contributed by atoms with Gasteiger partial charge in [0.1, 0.15) is 0 Å². The average molecular weight is 266 g/mol. The summed E-state index contributed by atoms with van der Waals surface area (Å²) in [5, 5.41) is 13.9. The molecule has 0 aromatic heterocycles. The lowest BCUT2D eigenvalue weighted by molar-refractivity contribution is 0.293. The lowest BCUT2D eigenvalue weighted by Crippen LogP contribution is -2.05. The van der Waals surface area contributed by atoms with Crippen LogP contribution in [0.1, 0.15) is 19.8 Å². The fourth-order valence-corrected chi connectivity index (χ4v) is 2.32. The molecule has 0 bridgehead atoms. The molecular weight excluding hydrogens is 248 g/mol. The topological polar surface area (TPSA) is 53.8 Å². The second kappa shape index (κ2) is 6.54. The van der Waals surface area contributed by atoms with Crippen LogP contribution in [0.15, 0.2) is 23.2 Å². The highest BCUT2D eigenvalue weighted by Crippen LogP contribution is 2.30. The Kier molecular flexibility index (Phi) is 4.75. The maximum absolute atomic E-state index is 9.71. The number of aliphatic imine (C=N–C) groups is 1. The molecule has 0 amide bonds. The normalized spacial score (nSPS) is 14.4. The van der Waals surface area contributed by atoms with Gasteiger partial charge >= 0.3 is 0 Å². The molecule has 1 aromatic carbocycles. The first-order chi connectivity index (χ1) is 8.79. The number of hydrogen-bond acceptors (Lipinski definition) is 5. The Morgan fingerprint density at radius 2 is 2.39 bits per heavy atom. The van der Waals surface area contributed by atoms with Crippen LogP contribution >= 0.6 is 11.8 Å². The van der Waals surface area contributed by atoms with E-state index in [0.29, 0.717) is 12.4 Å². The molecule has 0 radical (unpaired) electrons. The van der Waals surface area contributed by atoms with E-state index in [2.05, 4.69) is 17.2 Å². The Labute approximate surface area is 111 Å². The molecule has 5 heteroatoms. The van der Waals surface area contributed by atoms with E-state index in [1.807, 2.05) is 12.1 Å². The summed E-state index contributed by atoms with van der Waals surface area (Å²) >= 11 is 1.70. The van der Waals surface area contributed by atoms with Gasteiger partial charge in [0.25, 0.3) is 0 Å². The molecule has 0 fully saturated rings. The summed E-state index contributed by atoms with van der Waals surface area (Å²) in [6, 6.07) is 5.28. The van der Waals surface area contributed by atoms with Gasteiger partial charge in [0, 0.05) is 17.5 Å². The summed E-state index contributed by atoms with van der Waals surface area (Å²) in [4.78, 5) is 4.32. The highest BCUT2D eigenvalue weighted by molar-refractivity contribution is 8.14. The Morgan fingerprint density at radius 3 is 3.11 bits per heavy atom. The number of phenolic OH excluding ortho intramolecular Hbond substituents is 1. The van der Waals surface area contributed by atoms with Gasteiger partial charge in [-0.15, -0.1) is 0 Å². The van der Waals surface area contributed by atoms with Gasteiger partial charge in [0.2, 0.25) is 0 Å². The highest BCUT2D eigenvalue weighted by atomic mass is 32.2. The van der Waals surface area contributed by atoms with Gasteiger partial charge in [-0.25, -0.2) is 0 Å². The molecule has 4 nitrogen and oxygen atoms in total. The van der Waals surface area contributed by atoms with Crippen molar-refractivity contribution in [1.29, 1.82) is 0 Å². The summed E-state index contributed by atoms with van der Waals surface area (Å²) < 4.78 is 5.55. The van der Waals surface area contributed by atoms with E-state index in [1.165, 1.54) is 0 Å². The standard InChI is InChI=1S/C13H18N2O2S/c1-2-3-7-17-12-9-10(4-5-11(12)16)15-13-14-6-8-18-13/h4-5,9,16H,2-3,6-8H2,1H3,(H,14,15). The third kappa shape index (κ3) is 3.57. The van der Waals surface area contributed by atoms with Crippen molar-refractivity contribution in [3.05, 3.63) is 18.2 Å². The van der Waals surface area contributed by atoms with Crippen molar-refractivity contribution in [2.45, 2.75) is 19.8 Å². The molecular formula is C13H18N2O2S. The number of anilines is 1. The Bertz CT molecular complexity index is 435. The van der Waals surface area contributed by atoms with Crippen LogP contribution < -0.4 is 10.1 Å². The molecule has 1 aliphatic rings. The summed E-state index contributed by atoms with van der Waals surface area (Å²) in [5.74, 6) is 1.73. The Morgan fingerprint density at radius 1 is 1.50 bits per heavy atom. The van der Waals surface area contributed by atoms with E-state index in [1.54, 1.807) is 17.8 Å². The maximum Gasteiger partial charge on any atom is 0.162 e. The van der Waals surface area contributed by atoms with Gasteiger partial charge < -0.3 is 15.2 Å². The summed E-state index contributed by atoms with van der Waals surface area (Å²) in [6.07, 6.45) is 2.06. The Balaban J connectivity index is 2.00. The minimum Gasteiger partial charge on any atom is -0.504 e. The van der Waals surface area contributed by atoms with E-state index in [0.717, 1.165) is 36.0 Å². The number of ether oxygens (including phenoxy) is 1. The summed E-state index contributed by atoms with van der Waals surface area (Å²) in [7, 11) is 0. The average Bonchev–Trinajstić information content (AvgIpc) is 2.86. The highest BCUT2D eigenvalue weighted by Gasteiger charge is 2.09. The van der Waals surface area contributed by atoms with Crippen molar-refractivity contribution in [1.82, 2.24) is 0 Å². The van der Waals surface area contributed by atoms with E-state index in [4.69, 9.17) is 4.74 Å². The fraction of sp³-hybridized carbons (Fsp3) is 0.462. The Hall–Kier alpha value is -1.36. The van der Waals surface area contributed by atoms with Crippen molar-refractivity contribution in [3.8, 4) is 11.5 Å². The van der Waals surface area contributed by atoms with E-state index in [-0.39, 0.29) is 5.75 Å². The van der Waals surface area contributed by atoms with Crippen LogP contribution in [0.25, 0.3) is 0 Å². The molecule has 0 saturated heterocycles. The number of phenols is 1. The smallest absolute Gasteiger partial charge is 0.162 e. The quantitative estimate of drug-likeness (QED) is 0.635. The van der Waals surface area contributed by atoms with Crippen molar-refractivity contribution >= 4 is 22.6 Å². The first-order valence-electron chi connectivity index (χ1n) is 6.19. The predicted molar refractivity (Wildman–Crippen MR) is 76.9 cm³/mol. The van der Waals surface area contributed by atoms with Crippen molar-refractivity contribution in [2.24, 2.45) is 4.99 Å². The van der Waals surface area contributed by atoms with Gasteiger partial charge in [-0.3, -0.25) is 4.99 Å². The third-order valence-electron chi connectivity index (χ3n) is 2.55. The van der Waals surface area contributed by atoms with Crippen molar-refractivity contribution in [2.75, 3.05) is 24.2 Å². The first-order valence-corrected chi connectivity index (χ1v) is 7.18. The number of hydrogen-bond donors (Lipinski definition) is 2. The number of nitrogens with one attached hydrogen (secondary N) is 1. The second-order valence-electron chi connectivity index (χ2n) is 4.04. The summed E-state index contributed by atoms with van der Waals surface area (Å²) in [6.45, 7) is 3.60. The zero-order valence-electron chi connectivity index (χ0n) is 10.5. The van der Waals surface area contributed by atoms with Gasteiger partial charge in [0.15, 0.2) is 16.7 Å². The van der Waals surface area contributed by atoms with Crippen LogP contribution in [-0.4, -0.2) is 29.2 Å². The molecule has 2 N–H and O–H groups in total. The molecule has 1 aromatic rings. The van der Waals surface area contributed by atoms with E-state index < -0.39 is 0 Å². The minimum atomic E-state index is 0.178. The lowest BCUT2D eigenvalue weighted by Gasteiger charge is -2.10. The molecule has 0 aliphatic carbocycles. The number of thioether (sulfide) groups is 1. The van der Waals surface area contributed by atoms with E-state index in [9.17, 15) is 5.11 Å². The molecule has 0 unspecified atom stereocenters. The molecule has 0 spiro atoms. The summed E-state index contributed by atoms with van der Waals surface area (Å²) in [5.41, 5.74) is 0.896. The number of aromatic hydroxyl groups is 1. The zero-order valence-corrected chi connectivity index (χ0v) is 11.3. The number of unbranched alkanes of at least 4 members (excludes halogenated alkanes) is 1. The first kappa shape index (κ1) is 13.1. The van der Waals surface area contributed by atoms with Gasteiger partial charge in [-0.2, -0.15) is 0 Å². The lowest BCUT2D eigenvalue weighted by atomic mass is 10.2. The predicted octanol–water partition coefficient (Wildman–Crippen LogP) is 3.09. The van der Waals surface area contributed by atoms with Crippen LogP contribution in [0.2, 0.25) is 0 Å². The molecule has 1 aliphatic heterocycles. The van der Waals surface area contributed by atoms with Gasteiger partial charge in [0.05, 0.1) is 13.2 Å². The van der Waals surface area contributed by atoms with E-state index >= 15 is 0 Å². The second-order valence-corrected chi connectivity index (χ2v) is 5.13. The SMILES string of the molecule is CCCCOc1cc(NC2=NCCS2)ccc1O. The van der Waals surface area contributed by atoms with Crippen LogP contribution in [-0.2, 0) is 0 Å². The molecule has 0 saturated carbocycles. The molecule has 0 atom stereocenters. The van der Waals surface area contributed by atoms with Crippen LogP contribution in [0.4, 0.5) is 5.69 Å². The van der Waals surface area contributed by atoms with Crippen molar-refractivity contribution < 1.29 is 9.84 Å². The third-order valence-corrected chi connectivity index (χ3v) is 3.44. The van der Waals surface area contributed by atoms with Gasteiger partial charge in [-0.05, 0) is 18.6 Å². The van der Waals surface area contributed by atoms with Gasteiger partial charge in [-0.1, -0.05) is 25.1 Å². The van der Waals surface area contributed by atoms with Crippen LogP contribution in [0, 0.1) is 0 Å².